The van der Waals surface area contributed by atoms with E-state index in [-0.39, 0.29) is 0 Å². The Kier molecular flexibility index (Phi) is 3.86. The molecule has 5 nitrogen and oxygen atoms in total. The fourth-order valence-electron chi connectivity index (χ4n) is 3.16. The van der Waals surface area contributed by atoms with Gasteiger partial charge in [0.25, 0.3) is 0 Å². The van der Waals surface area contributed by atoms with E-state index in [0.717, 1.165) is 65.6 Å². The molecule has 0 spiro atoms. The number of aromatic nitrogens is 2. The number of hydrogen-bond donors (Lipinski definition) is 0. The van der Waals surface area contributed by atoms with Crippen LogP contribution in [0.3, 0.4) is 0 Å². The van der Waals surface area contributed by atoms with E-state index in [1.807, 2.05) is 31.3 Å². The van der Waals surface area contributed by atoms with Crippen molar-refractivity contribution in [3.63, 3.8) is 0 Å². The third-order valence-corrected chi connectivity index (χ3v) is 4.39. The van der Waals surface area contributed by atoms with Gasteiger partial charge in [-0.25, -0.2) is 4.98 Å². The van der Waals surface area contributed by atoms with Crippen molar-refractivity contribution in [2.45, 2.75) is 6.92 Å². The van der Waals surface area contributed by atoms with Gasteiger partial charge >= 0.3 is 0 Å². The Morgan fingerprint density at radius 3 is 2.83 bits per heavy atom. The summed E-state index contributed by atoms with van der Waals surface area (Å²) >= 11 is 0. The van der Waals surface area contributed by atoms with Gasteiger partial charge in [0.2, 0.25) is 0 Å². The summed E-state index contributed by atoms with van der Waals surface area (Å²) in [5.74, 6) is 0.959. The molecule has 1 fully saturated rings. The van der Waals surface area contributed by atoms with E-state index in [1.54, 1.807) is 0 Å². The van der Waals surface area contributed by atoms with Gasteiger partial charge in [0.15, 0.2) is 0 Å². The van der Waals surface area contributed by atoms with Gasteiger partial charge in [0.05, 0.1) is 25.5 Å². The van der Waals surface area contributed by atoms with Crippen molar-refractivity contribution in [1.82, 2.24) is 9.97 Å². The topological polar surface area (TPSA) is 50.6 Å². The molecule has 0 aliphatic carbocycles. The molecule has 0 N–H and O–H groups in total. The molecule has 4 heterocycles. The van der Waals surface area contributed by atoms with Crippen LogP contribution in [0.25, 0.3) is 16.5 Å². The number of aliphatic imine (C=N–C) groups is 1. The lowest BCUT2D eigenvalue weighted by Gasteiger charge is -2.28. The smallest absolute Gasteiger partial charge is 0.130 e. The van der Waals surface area contributed by atoms with Crippen molar-refractivity contribution in [2.75, 3.05) is 37.7 Å². The van der Waals surface area contributed by atoms with Gasteiger partial charge in [-0.05, 0) is 30.7 Å². The third-order valence-electron chi connectivity index (χ3n) is 4.39. The van der Waals surface area contributed by atoms with E-state index in [0.29, 0.717) is 6.54 Å². The van der Waals surface area contributed by atoms with E-state index >= 15 is 0 Å². The number of ether oxygens (including phenoxy) is 1. The van der Waals surface area contributed by atoms with Crippen molar-refractivity contribution in [3.8, 4) is 0 Å². The maximum absolute atomic E-state index is 5.46. The first-order chi connectivity index (χ1) is 11.7. The highest BCUT2D eigenvalue weighted by molar-refractivity contribution is 6.15. The van der Waals surface area contributed by atoms with Crippen LogP contribution < -0.4 is 4.90 Å². The number of rotatable bonds is 3. The summed E-state index contributed by atoms with van der Waals surface area (Å²) in [5, 5.41) is 1.08. The van der Waals surface area contributed by atoms with Gasteiger partial charge in [-0.2, -0.15) is 0 Å². The van der Waals surface area contributed by atoms with E-state index < -0.39 is 0 Å². The van der Waals surface area contributed by atoms with Crippen LogP contribution in [0.15, 0.2) is 42.1 Å². The first-order valence-electron chi connectivity index (χ1n) is 8.24. The molecule has 0 unspecified atom stereocenters. The van der Waals surface area contributed by atoms with Crippen LogP contribution >= 0.6 is 0 Å². The maximum atomic E-state index is 5.46. The molecular formula is C19H20N4O. The summed E-state index contributed by atoms with van der Waals surface area (Å²) in [6, 6.07) is 4.14. The van der Waals surface area contributed by atoms with Gasteiger partial charge in [0.1, 0.15) is 17.0 Å². The summed E-state index contributed by atoms with van der Waals surface area (Å²) < 4.78 is 5.46. The van der Waals surface area contributed by atoms with Gasteiger partial charge < -0.3 is 9.64 Å². The monoisotopic (exact) mass is 320 g/mol. The van der Waals surface area contributed by atoms with Crippen molar-refractivity contribution >= 4 is 28.0 Å². The number of nitrogens with zero attached hydrogens (tertiary/aromatic N) is 4. The Balaban J connectivity index is 1.93. The first-order valence-corrected chi connectivity index (χ1v) is 8.24. The number of allylic oxidation sites excluding steroid dienone is 2. The van der Waals surface area contributed by atoms with Crippen molar-refractivity contribution in [3.05, 3.63) is 48.3 Å². The summed E-state index contributed by atoms with van der Waals surface area (Å²) in [7, 11) is 0. The quantitative estimate of drug-likeness (QED) is 0.872. The lowest BCUT2D eigenvalue weighted by atomic mass is 10.0. The molecular weight excluding hydrogens is 300 g/mol. The standard InChI is InChI=1S/C19H20N4O/c1-13(2)15-12-17(23-8-10-24-11-9-23)22-18-14(15)5-7-21-19(18)16-4-3-6-20-16/h3-5,7,12H,1,6,8-11H2,2H3. The van der Waals surface area contributed by atoms with Gasteiger partial charge in [-0.1, -0.05) is 18.2 Å². The Bertz CT molecular complexity index is 863. The minimum absolute atomic E-state index is 0.712. The molecule has 24 heavy (non-hydrogen) atoms. The number of pyridine rings is 2. The molecule has 122 valence electrons. The van der Waals surface area contributed by atoms with Crippen LogP contribution in [0, 0.1) is 0 Å². The zero-order valence-corrected chi connectivity index (χ0v) is 13.8. The van der Waals surface area contributed by atoms with Crippen molar-refractivity contribution in [2.24, 2.45) is 4.99 Å². The van der Waals surface area contributed by atoms with Crippen LogP contribution in [0.2, 0.25) is 0 Å². The maximum Gasteiger partial charge on any atom is 0.130 e. The van der Waals surface area contributed by atoms with Crippen LogP contribution in [0.1, 0.15) is 18.2 Å². The number of hydrogen-bond acceptors (Lipinski definition) is 5. The minimum atomic E-state index is 0.712. The average Bonchev–Trinajstić information content (AvgIpc) is 3.15. The van der Waals surface area contributed by atoms with E-state index in [9.17, 15) is 0 Å². The van der Waals surface area contributed by atoms with E-state index in [4.69, 9.17) is 9.72 Å². The zero-order valence-electron chi connectivity index (χ0n) is 13.8. The molecule has 2 aliphatic heterocycles. The van der Waals surface area contributed by atoms with Gasteiger partial charge in [0, 0.05) is 24.7 Å². The van der Waals surface area contributed by atoms with Crippen molar-refractivity contribution < 1.29 is 4.74 Å². The van der Waals surface area contributed by atoms with Crippen LogP contribution in [-0.4, -0.2) is 48.5 Å². The predicted octanol–water partition coefficient (Wildman–Crippen LogP) is 2.86. The molecule has 2 aromatic heterocycles. The molecule has 0 radical (unpaired) electrons. The third kappa shape index (κ3) is 2.61. The summed E-state index contributed by atoms with van der Waals surface area (Å²) in [6.45, 7) is 10.1. The Morgan fingerprint density at radius 2 is 2.12 bits per heavy atom. The second-order valence-corrected chi connectivity index (χ2v) is 6.09. The van der Waals surface area contributed by atoms with Crippen LogP contribution in [-0.2, 0) is 4.74 Å². The highest BCUT2D eigenvalue weighted by atomic mass is 16.5. The van der Waals surface area contributed by atoms with Crippen LogP contribution in [0.5, 0.6) is 0 Å². The summed E-state index contributed by atoms with van der Waals surface area (Å²) in [4.78, 5) is 16.3. The normalized spacial score (nSPS) is 17.4. The Hall–Kier alpha value is -2.53. The Morgan fingerprint density at radius 1 is 1.29 bits per heavy atom. The molecule has 5 heteroatoms. The zero-order chi connectivity index (χ0) is 16.5. The number of morpholine rings is 1. The average molecular weight is 320 g/mol. The van der Waals surface area contributed by atoms with E-state index in [1.165, 1.54) is 0 Å². The fourth-order valence-corrected chi connectivity index (χ4v) is 3.16. The molecule has 2 aliphatic rings. The number of fused-ring (bicyclic) bond motifs is 1. The highest BCUT2D eigenvalue weighted by Gasteiger charge is 2.18. The molecule has 2 aromatic rings. The predicted molar refractivity (Wildman–Crippen MR) is 97.8 cm³/mol. The molecule has 0 saturated carbocycles. The number of anilines is 1. The lowest BCUT2D eigenvalue weighted by Crippen LogP contribution is -2.36. The summed E-state index contributed by atoms with van der Waals surface area (Å²) in [5.41, 5.74) is 4.79. The largest absolute Gasteiger partial charge is 0.378 e. The van der Waals surface area contributed by atoms with Gasteiger partial charge in [-0.15, -0.1) is 0 Å². The minimum Gasteiger partial charge on any atom is -0.378 e. The Labute approximate surface area is 141 Å². The van der Waals surface area contributed by atoms with Crippen LogP contribution in [0.4, 0.5) is 5.82 Å². The second-order valence-electron chi connectivity index (χ2n) is 6.09. The van der Waals surface area contributed by atoms with Gasteiger partial charge in [-0.3, -0.25) is 9.98 Å². The molecule has 4 rings (SSSR count). The molecule has 0 amide bonds. The van der Waals surface area contributed by atoms with Crippen molar-refractivity contribution in [1.29, 1.82) is 0 Å². The molecule has 0 aromatic carbocycles. The molecule has 0 bridgehead atoms. The molecule has 1 saturated heterocycles. The summed E-state index contributed by atoms with van der Waals surface area (Å²) in [6.07, 6.45) is 5.89. The second kappa shape index (κ2) is 6.17. The fraction of sp³-hybridized carbons (Fsp3) is 0.316. The highest BCUT2D eigenvalue weighted by Crippen LogP contribution is 2.29. The SMILES string of the molecule is C=C(C)c1cc(N2CCOCC2)nc2c(C3=NCC=C3)nccc12. The molecule has 0 atom stereocenters. The lowest BCUT2D eigenvalue weighted by molar-refractivity contribution is 0.122. The first kappa shape index (κ1) is 15.0. The van der Waals surface area contributed by atoms with E-state index in [2.05, 4.69) is 27.5 Å².